The summed E-state index contributed by atoms with van der Waals surface area (Å²) in [6, 6.07) is 6.20. The zero-order valence-corrected chi connectivity index (χ0v) is 10.5. The lowest BCUT2D eigenvalue weighted by Gasteiger charge is -2.24. The van der Waals surface area contributed by atoms with Crippen molar-refractivity contribution in [2.45, 2.75) is 36.1 Å². The van der Waals surface area contributed by atoms with Gasteiger partial charge in [0.2, 0.25) is 0 Å². The van der Waals surface area contributed by atoms with Crippen LogP contribution in [0.2, 0.25) is 5.02 Å². The van der Waals surface area contributed by atoms with Gasteiger partial charge in [-0.2, -0.15) is 0 Å². The summed E-state index contributed by atoms with van der Waals surface area (Å²) in [5.74, 6) is 0. The molecule has 0 radical (unpaired) electrons. The van der Waals surface area contributed by atoms with Crippen molar-refractivity contribution in [3.05, 3.63) is 28.8 Å². The maximum Gasteiger partial charge on any atom is 0.0420 e. The molecule has 1 nitrogen and oxygen atoms in total. The van der Waals surface area contributed by atoms with Crippen LogP contribution < -0.4 is 5.73 Å². The molecule has 2 rings (SSSR count). The van der Waals surface area contributed by atoms with Crippen molar-refractivity contribution in [1.29, 1.82) is 0 Å². The number of thioether (sulfide) groups is 1. The molecular weight excluding hydrogens is 226 g/mol. The van der Waals surface area contributed by atoms with Gasteiger partial charge >= 0.3 is 0 Å². The number of nitrogens with two attached hydrogens (primary N) is 1. The third kappa shape index (κ3) is 2.32. The molecule has 2 N–H and O–H groups in total. The van der Waals surface area contributed by atoms with Crippen LogP contribution in [0.4, 0.5) is 0 Å². The van der Waals surface area contributed by atoms with Crippen molar-refractivity contribution in [2.24, 2.45) is 5.73 Å². The standard InChI is InChI=1S/C12H16ClNS/c1-15-11-7-9(6-10(13)8-11)12(14)4-2-3-5-12/h6-8H,2-5,14H2,1H3. The molecule has 82 valence electrons. The van der Waals surface area contributed by atoms with Crippen molar-refractivity contribution < 1.29 is 0 Å². The molecule has 0 unspecified atom stereocenters. The summed E-state index contributed by atoms with van der Waals surface area (Å²) < 4.78 is 0. The maximum absolute atomic E-state index is 6.40. The van der Waals surface area contributed by atoms with Crippen LogP contribution in [0.25, 0.3) is 0 Å². The van der Waals surface area contributed by atoms with E-state index in [0.29, 0.717) is 0 Å². The summed E-state index contributed by atoms with van der Waals surface area (Å²) in [5.41, 5.74) is 7.48. The van der Waals surface area contributed by atoms with Crippen LogP contribution in [0.3, 0.4) is 0 Å². The lowest BCUT2D eigenvalue weighted by Crippen LogP contribution is -2.33. The number of halogens is 1. The fraction of sp³-hybridized carbons (Fsp3) is 0.500. The van der Waals surface area contributed by atoms with Crippen LogP contribution in [0, 0.1) is 0 Å². The normalized spacial score (nSPS) is 19.4. The Kier molecular flexibility index (Phi) is 3.29. The van der Waals surface area contributed by atoms with E-state index in [-0.39, 0.29) is 5.54 Å². The first-order valence-corrected chi connectivity index (χ1v) is 6.88. The number of benzene rings is 1. The minimum atomic E-state index is -0.130. The number of rotatable bonds is 2. The first-order valence-electron chi connectivity index (χ1n) is 5.28. The molecule has 0 heterocycles. The van der Waals surface area contributed by atoms with Crippen LogP contribution in [0.15, 0.2) is 23.1 Å². The topological polar surface area (TPSA) is 26.0 Å². The average Bonchev–Trinajstić information content (AvgIpc) is 2.65. The average molecular weight is 242 g/mol. The van der Waals surface area contributed by atoms with Gasteiger partial charge in [0, 0.05) is 15.5 Å². The summed E-state index contributed by atoms with van der Waals surface area (Å²) in [6.45, 7) is 0. The van der Waals surface area contributed by atoms with Gasteiger partial charge in [-0.05, 0) is 42.9 Å². The van der Waals surface area contributed by atoms with E-state index in [0.717, 1.165) is 17.9 Å². The molecule has 3 heteroatoms. The molecule has 1 aromatic rings. The van der Waals surface area contributed by atoms with Gasteiger partial charge < -0.3 is 5.73 Å². The van der Waals surface area contributed by atoms with E-state index in [1.165, 1.54) is 23.3 Å². The highest BCUT2D eigenvalue weighted by molar-refractivity contribution is 7.98. The van der Waals surface area contributed by atoms with E-state index in [1.807, 2.05) is 12.1 Å². The molecule has 1 aliphatic carbocycles. The Morgan fingerprint density at radius 3 is 2.53 bits per heavy atom. The second-order valence-electron chi connectivity index (χ2n) is 4.24. The van der Waals surface area contributed by atoms with Crippen molar-refractivity contribution in [2.75, 3.05) is 6.26 Å². The van der Waals surface area contributed by atoms with Gasteiger partial charge in [0.1, 0.15) is 0 Å². The van der Waals surface area contributed by atoms with Crippen LogP contribution >= 0.6 is 23.4 Å². The quantitative estimate of drug-likeness (QED) is 0.798. The largest absolute Gasteiger partial charge is 0.321 e. The second-order valence-corrected chi connectivity index (χ2v) is 5.56. The highest BCUT2D eigenvalue weighted by Crippen LogP contribution is 2.38. The van der Waals surface area contributed by atoms with Gasteiger partial charge in [0.15, 0.2) is 0 Å². The van der Waals surface area contributed by atoms with Gasteiger partial charge in [-0.1, -0.05) is 24.4 Å². The Balaban J connectivity index is 2.38. The first kappa shape index (κ1) is 11.3. The monoisotopic (exact) mass is 241 g/mol. The van der Waals surface area contributed by atoms with Crippen LogP contribution in [0.1, 0.15) is 31.2 Å². The van der Waals surface area contributed by atoms with Crippen molar-refractivity contribution in [3.63, 3.8) is 0 Å². The molecule has 0 atom stereocenters. The molecule has 0 bridgehead atoms. The van der Waals surface area contributed by atoms with Crippen LogP contribution in [-0.2, 0) is 5.54 Å². The molecular formula is C12H16ClNS. The van der Waals surface area contributed by atoms with Crippen molar-refractivity contribution in [1.82, 2.24) is 0 Å². The molecule has 1 fully saturated rings. The van der Waals surface area contributed by atoms with Crippen molar-refractivity contribution in [3.8, 4) is 0 Å². The van der Waals surface area contributed by atoms with Gasteiger partial charge in [-0.3, -0.25) is 0 Å². The predicted molar refractivity (Wildman–Crippen MR) is 67.6 cm³/mol. The molecule has 1 saturated carbocycles. The SMILES string of the molecule is CSc1cc(Cl)cc(C2(N)CCCC2)c1. The summed E-state index contributed by atoms with van der Waals surface area (Å²) in [5, 5.41) is 0.800. The highest BCUT2D eigenvalue weighted by Gasteiger charge is 2.31. The molecule has 0 amide bonds. The van der Waals surface area contributed by atoms with Crippen LogP contribution in [-0.4, -0.2) is 6.26 Å². The van der Waals surface area contributed by atoms with E-state index in [4.69, 9.17) is 17.3 Å². The van der Waals surface area contributed by atoms with E-state index in [9.17, 15) is 0 Å². The summed E-state index contributed by atoms with van der Waals surface area (Å²) in [4.78, 5) is 1.20. The lowest BCUT2D eigenvalue weighted by atomic mass is 9.89. The van der Waals surface area contributed by atoms with Gasteiger partial charge in [-0.25, -0.2) is 0 Å². The third-order valence-electron chi connectivity index (χ3n) is 3.18. The molecule has 0 aliphatic heterocycles. The number of hydrogen-bond acceptors (Lipinski definition) is 2. The second kappa shape index (κ2) is 4.36. The minimum absolute atomic E-state index is 0.130. The number of hydrogen-bond donors (Lipinski definition) is 1. The zero-order valence-electron chi connectivity index (χ0n) is 8.92. The fourth-order valence-electron chi connectivity index (χ4n) is 2.26. The van der Waals surface area contributed by atoms with Crippen LogP contribution in [0.5, 0.6) is 0 Å². The summed E-state index contributed by atoms with van der Waals surface area (Å²) in [7, 11) is 0. The molecule has 1 aromatic carbocycles. The fourth-order valence-corrected chi connectivity index (χ4v) is 3.05. The molecule has 15 heavy (non-hydrogen) atoms. The first-order chi connectivity index (χ1) is 7.14. The van der Waals surface area contributed by atoms with Gasteiger partial charge in [-0.15, -0.1) is 11.8 Å². The summed E-state index contributed by atoms with van der Waals surface area (Å²) in [6.07, 6.45) is 6.70. The van der Waals surface area contributed by atoms with E-state index < -0.39 is 0 Å². The van der Waals surface area contributed by atoms with Crippen molar-refractivity contribution >= 4 is 23.4 Å². The Labute approximate surface area is 100 Å². The Morgan fingerprint density at radius 2 is 1.93 bits per heavy atom. The third-order valence-corrected chi connectivity index (χ3v) is 4.10. The maximum atomic E-state index is 6.40. The molecule has 0 aromatic heterocycles. The molecule has 1 aliphatic rings. The van der Waals surface area contributed by atoms with Gasteiger partial charge in [0.05, 0.1) is 0 Å². The Bertz CT molecular complexity index is 359. The smallest absolute Gasteiger partial charge is 0.0420 e. The minimum Gasteiger partial charge on any atom is -0.321 e. The lowest BCUT2D eigenvalue weighted by molar-refractivity contribution is 0.461. The Hall–Kier alpha value is -0.180. The van der Waals surface area contributed by atoms with Gasteiger partial charge in [0.25, 0.3) is 0 Å². The predicted octanol–water partition coefficient (Wildman–Crippen LogP) is 3.79. The molecule has 0 saturated heterocycles. The van der Waals surface area contributed by atoms with E-state index >= 15 is 0 Å². The highest BCUT2D eigenvalue weighted by atomic mass is 35.5. The Morgan fingerprint density at radius 1 is 1.27 bits per heavy atom. The van der Waals surface area contributed by atoms with E-state index in [1.54, 1.807) is 11.8 Å². The van der Waals surface area contributed by atoms with E-state index in [2.05, 4.69) is 12.3 Å². The summed E-state index contributed by atoms with van der Waals surface area (Å²) >= 11 is 7.81. The molecule has 0 spiro atoms. The zero-order chi connectivity index (χ0) is 10.9.